The predicted molar refractivity (Wildman–Crippen MR) is 81.5 cm³/mol. The van der Waals surface area contributed by atoms with Crippen LogP contribution in [0.25, 0.3) is 11.0 Å². The Bertz CT molecular complexity index is 662. The first-order valence-electron chi connectivity index (χ1n) is 7.42. The zero-order chi connectivity index (χ0) is 15.0. The molecule has 1 N–H and O–H groups in total. The Morgan fingerprint density at radius 3 is 2.62 bits per heavy atom. The molecule has 0 aliphatic carbocycles. The topological polar surface area (TPSA) is 53.7 Å². The van der Waals surface area contributed by atoms with E-state index < -0.39 is 5.97 Å². The predicted octanol–water partition coefficient (Wildman–Crippen LogP) is 3.75. The van der Waals surface area contributed by atoms with E-state index in [1.807, 2.05) is 24.3 Å². The minimum absolute atomic E-state index is 0.315. The van der Waals surface area contributed by atoms with Crippen molar-refractivity contribution in [3.63, 3.8) is 0 Å². The molecule has 3 rings (SSSR count). The van der Waals surface area contributed by atoms with Crippen molar-refractivity contribution in [2.24, 2.45) is 5.41 Å². The summed E-state index contributed by atoms with van der Waals surface area (Å²) in [6.45, 7) is 7.13. The van der Waals surface area contributed by atoms with Gasteiger partial charge in [0.05, 0.1) is 6.54 Å². The first kappa shape index (κ1) is 14.1. The monoisotopic (exact) mass is 287 g/mol. The molecule has 0 spiro atoms. The third-order valence-corrected chi connectivity index (χ3v) is 4.46. The average Bonchev–Trinajstić information content (AvgIpc) is 2.79. The number of carboxylic acid groups (broad SMARTS) is 1. The third kappa shape index (κ3) is 2.81. The van der Waals surface area contributed by atoms with Gasteiger partial charge in [-0.15, -0.1) is 0 Å². The summed E-state index contributed by atoms with van der Waals surface area (Å²) in [5, 5.41) is 10.2. The molecule has 1 aliphatic rings. The number of rotatable bonds is 3. The van der Waals surface area contributed by atoms with E-state index in [1.54, 1.807) is 0 Å². The Labute approximate surface area is 124 Å². The van der Waals surface area contributed by atoms with E-state index in [0.29, 0.717) is 34.3 Å². The molecular formula is C17H21NO3. The molecule has 0 atom stereocenters. The van der Waals surface area contributed by atoms with Crippen LogP contribution in [0.1, 0.15) is 42.8 Å². The highest BCUT2D eigenvalue weighted by Crippen LogP contribution is 2.32. The number of furan rings is 1. The lowest BCUT2D eigenvalue weighted by atomic mass is 9.82. The van der Waals surface area contributed by atoms with E-state index in [9.17, 15) is 9.90 Å². The Balaban J connectivity index is 1.87. The second-order valence-corrected chi connectivity index (χ2v) is 6.64. The summed E-state index contributed by atoms with van der Waals surface area (Å²) >= 11 is 0. The van der Waals surface area contributed by atoms with Crippen LogP contribution in [0.15, 0.2) is 28.7 Å². The van der Waals surface area contributed by atoms with Crippen molar-refractivity contribution in [2.75, 3.05) is 13.1 Å². The number of fused-ring (bicyclic) bond motifs is 1. The van der Waals surface area contributed by atoms with Gasteiger partial charge in [-0.2, -0.15) is 0 Å². The lowest BCUT2D eigenvalue weighted by Gasteiger charge is -2.36. The number of piperidine rings is 1. The molecule has 1 aliphatic heterocycles. The molecule has 0 unspecified atom stereocenters. The number of benzene rings is 1. The fourth-order valence-corrected chi connectivity index (χ4v) is 2.96. The molecule has 1 saturated heterocycles. The second kappa shape index (κ2) is 5.19. The van der Waals surface area contributed by atoms with E-state index in [0.717, 1.165) is 25.9 Å². The Hall–Kier alpha value is -1.81. The van der Waals surface area contributed by atoms with Crippen molar-refractivity contribution in [3.8, 4) is 0 Å². The van der Waals surface area contributed by atoms with Crippen LogP contribution in [-0.2, 0) is 6.54 Å². The summed E-state index contributed by atoms with van der Waals surface area (Å²) in [4.78, 5) is 13.9. The van der Waals surface area contributed by atoms with Gasteiger partial charge >= 0.3 is 5.97 Å². The zero-order valence-electron chi connectivity index (χ0n) is 12.6. The molecule has 0 saturated carbocycles. The Kier molecular flexibility index (Phi) is 3.49. The van der Waals surface area contributed by atoms with Gasteiger partial charge in [0.2, 0.25) is 0 Å². The van der Waals surface area contributed by atoms with Crippen LogP contribution in [0, 0.1) is 5.41 Å². The van der Waals surface area contributed by atoms with E-state index >= 15 is 0 Å². The van der Waals surface area contributed by atoms with Crippen LogP contribution >= 0.6 is 0 Å². The molecule has 0 amide bonds. The summed E-state index contributed by atoms with van der Waals surface area (Å²) in [6, 6.07) is 7.35. The maximum Gasteiger partial charge on any atom is 0.339 e. The summed E-state index contributed by atoms with van der Waals surface area (Å²) in [5.41, 5.74) is 1.36. The molecule has 112 valence electrons. The lowest BCUT2D eigenvalue weighted by Crippen LogP contribution is -2.36. The van der Waals surface area contributed by atoms with Crippen LogP contribution in [0.2, 0.25) is 0 Å². The highest BCUT2D eigenvalue weighted by Gasteiger charge is 2.28. The van der Waals surface area contributed by atoms with Gasteiger partial charge in [-0.3, -0.25) is 4.90 Å². The van der Waals surface area contributed by atoms with Crippen LogP contribution in [0.3, 0.4) is 0 Å². The number of carboxylic acids is 1. The quantitative estimate of drug-likeness (QED) is 0.934. The van der Waals surface area contributed by atoms with Crippen molar-refractivity contribution in [2.45, 2.75) is 33.2 Å². The maximum absolute atomic E-state index is 11.6. The Morgan fingerprint density at radius 2 is 1.95 bits per heavy atom. The molecule has 2 aromatic rings. The smallest absolute Gasteiger partial charge is 0.339 e. The SMILES string of the molecule is CC1(C)CCN(Cc2oc3ccccc3c2C(=O)O)CC1. The molecule has 21 heavy (non-hydrogen) atoms. The van der Waals surface area contributed by atoms with Crippen LogP contribution in [0.4, 0.5) is 0 Å². The first-order chi connectivity index (χ1) is 9.96. The highest BCUT2D eigenvalue weighted by molar-refractivity contribution is 6.03. The van der Waals surface area contributed by atoms with Crippen LogP contribution in [0.5, 0.6) is 0 Å². The van der Waals surface area contributed by atoms with E-state index in [2.05, 4.69) is 18.7 Å². The lowest BCUT2D eigenvalue weighted by molar-refractivity contribution is 0.0691. The third-order valence-electron chi connectivity index (χ3n) is 4.46. The average molecular weight is 287 g/mol. The number of hydrogen-bond acceptors (Lipinski definition) is 3. The summed E-state index contributed by atoms with van der Waals surface area (Å²) in [6.07, 6.45) is 2.27. The van der Waals surface area contributed by atoms with Crippen molar-refractivity contribution < 1.29 is 14.3 Å². The van der Waals surface area contributed by atoms with Gasteiger partial charge in [-0.25, -0.2) is 4.79 Å². The number of likely N-dealkylation sites (tertiary alicyclic amines) is 1. The minimum Gasteiger partial charge on any atom is -0.478 e. The molecule has 1 aromatic carbocycles. The number of hydrogen-bond donors (Lipinski definition) is 1. The Morgan fingerprint density at radius 1 is 1.29 bits per heavy atom. The van der Waals surface area contributed by atoms with Gasteiger partial charge in [0.15, 0.2) is 0 Å². The highest BCUT2D eigenvalue weighted by atomic mass is 16.4. The molecule has 4 heteroatoms. The largest absolute Gasteiger partial charge is 0.478 e. The van der Waals surface area contributed by atoms with Gasteiger partial charge in [-0.1, -0.05) is 32.0 Å². The van der Waals surface area contributed by atoms with Gasteiger partial charge in [-0.05, 0) is 37.4 Å². The molecule has 1 aromatic heterocycles. The van der Waals surface area contributed by atoms with Crippen molar-refractivity contribution in [1.29, 1.82) is 0 Å². The fraction of sp³-hybridized carbons (Fsp3) is 0.471. The number of para-hydroxylation sites is 1. The van der Waals surface area contributed by atoms with E-state index in [1.165, 1.54) is 0 Å². The first-order valence-corrected chi connectivity index (χ1v) is 7.42. The van der Waals surface area contributed by atoms with Gasteiger partial charge < -0.3 is 9.52 Å². The van der Waals surface area contributed by atoms with Gasteiger partial charge in [0.25, 0.3) is 0 Å². The van der Waals surface area contributed by atoms with Crippen LogP contribution in [-0.4, -0.2) is 29.1 Å². The van der Waals surface area contributed by atoms with Crippen molar-refractivity contribution in [3.05, 3.63) is 35.6 Å². The van der Waals surface area contributed by atoms with Gasteiger partial charge in [0.1, 0.15) is 16.9 Å². The molecule has 0 bridgehead atoms. The van der Waals surface area contributed by atoms with Crippen molar-refractivity contribution in [1.82, 2.24) is 4.90 Å². The molecule has 4 nitrogen and oxygen atoms in total. The maximum atomic E-state index is 11.6. The molecular weight excluding hydrogens is 266 g/mol. The standard InChI is InChI=1S/C17H21NO3/c1-17(2)7-9-18(10-8-17)11-14-15(16(19)20)12-5-3-4-6-13(12)21-14/h3-6H,7-11H2,1-2H3,(H,19,20). The van der Waals surface area contributed by atoms with E-state index in [4.69, 9.17) is 4.42 Å². The zero-order valence-corrected chi connectivity index (χ0v) is 12.6. The summed E-state index contributed by atoms with van der Waals surface area (Å²) in [5.74, 6) is -0.337. The van der Waals surface area contributed by atoms with Crippen LogP contribution < -0.4 is 0 Å². The van der Waals surface area contributed by atoms with Gasteiger partial charge in [0, 0.05) is 5.39 Å². The number of carbonyl (C=O) groups is 1. The second-order valence-electron chi connectivity index (χ2n) is 6.64. The fourth-order valence-electron chi connectivity index (χ4n) is 2.96. The van der Waals surface area contributed by atoms with Crippen molar-refractivity contribution >= 4 is 16.9 Å². The number of nitrogens with zero attached hydrogens (tertiary/aromatic N) is 1. The summed E-state index contributed by atoms with van der Waals surface area (Å²) in [7, 11) is 0. The minimum atomic E-state index is -0.910. The number of aromatic carboxylic acids is 1. The molecule has 2 heterocycles. The molecule has 0 radical (unpaired) electrons. The molecule has 1 fully saturated rings. The normalized spacial score (nSPS) is 19.0. The van der Waals surface area contributed by atoms with E-state index in [-0.39, 0.29) is 0 Å². The summed E-state index contributed by atoms with van der Waals surface area (Å²) < 4.78 is 5.79.